The SMILES string of the molecule is Cc1cccc(C)c1NCc1nnc(SCc2ccc([N+](=O)[O-])cc2)n1C. The van der Waals surface area contributed by atoms with Gasteiger partial charge in [-0.2, -0.15) is 0 Å². The highest BCUT2D eigenvalue weighted by Crippen LogP contribution is 2.24. The Morgan fingerprint density at radius 2 is 1.78 bits per heavy atom. The molecule has 0 amide bonds. The predicted octanol–water partition coefficient (Wildman–Crippen LogP) is 4.24. The van der Waals surface area contributed by atoms with Crippen LogP contribution in [0.4, 0.5) is 11.4 Å². The summed E-state index contributed by atoms with van der Waals surface area (Å²) in [5.74, 6) is 1.53. The van der Waals surface area contributed by atoms with Gasteiger partial charge in [0.05, 0.1) is 11.5 Å². The molecular weight excluding hydrogens is 362 g/mol. The van der Waals surface area contributed by atoms with Gasteiger partial charge in [0.25, 0.3) is 5.69 Å². The number of nitrogens with zero attached hydrogens (tertiary/aromatic N) is 4. The maximum Gasteiger partial charge on any atom is 0.269 e. The third-order valence-corrected chi connectivity index (χ3v) is 5.44. The maximum atomic E-state index is 10.7. The van der Waals surface area contributed by atoms with Crippen LogP contribution in [0.2, 0.25) is 0 Å². The molecule has 0 aliphatic rings. The monoisotopic (exact) mass is 383 g/mol. The first-order valence-electron chi connectivity index (χ1n) is 8.50. The Kier molecular flexibility index (Phi) is 5.75. The van der Waals surface area contributed by atoms with Crippen molar-refractivity contribution < 1.29 is 4.92 Å². The van der Waals surface area contributed by atoms with Gasteiger partial charge in [-0.1, -0.05) is 42.1 Å². The molecular formula is C19H21N5O2S. The van der Waals surface area contributed by atoms with Gasteiger partial charge in [0.1, 0.15) is 0 Å². The number of nitro benzene ring substituents is 1. The lowest BCUT2D eigenvalue weighted by atomic mass is 10.1. The zero-order valence-electron chi connectivity index (χ0n) is 15.5. The first-order chi connectivity index (χ1) is 13.0. The quantitative estimate of drug-likeness (QED) is 0.373. The van der Waals surface area contributed by atoms with Crippen LogP contribution >= 0.6 is 11.8 Å². The van der Waals surface area contributed by atoms with E-state index in [1.165, 1.54) is 23.3 Å². The number of rotatable bonds is 7. The fraction of sp³-hybridized carbons (Fsp3) is 0.263. The number of para-hydroxylation sites is 1. The molecule has 27 heavy (non-hydrogen) atoms. The molecule has 1 heterocycles. The normalized spacial score (nSPS) is 10.8. The van der Waals surface area contributed by atoms with Crippen molar-refractivity contribution in [1.29, 1.82) is 0 Å². The Bertz CT molecular complexity index is 933. The van der Waals surface area contributed by atoms with Crippen molar-refractivity contribution in [3.05, 3.63) is 75.1 Å². The smallest absolute Gasteiger partial charge is 0.269 e. The van der Waals surface area contributed by atoms with Crippen LogP contribution in [0.1, 0.15) is 22.5 Å². The lowest BCUT2D eigenvalue weighted by molar-refractivity contribution is -0.384. The second-order valence-corrected chi connectivity index (χ2v) is 7.23. The maximum absolute atomic E-state index is 10.7. The van der Waals surface area contributed by atoms with Crippen molar-refractivity contribution in [2.45, 2.75) is 31.3 Å². The molecule has 0 saturated heterocycles. The largest absolute Gasteiger partial charge is 0.377 e. The minimum Gasteiger partial charge on any atom is -0.377 e. The molecule has 2 aromatic carbocycles. The third-order valence-electron chi connectivity index (χ3n) is 4.34. The van der Waals surface area contributed by atoms with Gasteiger partial charge in [0, 0.05) is 30.6 Å². The molecule has 0 spiro atoms. The Hall–Kier alpha value is -2.87. The Balaban J connectivity index is 1.62. The fourth-order valence-electron chi connectivity index (χ4n) is 2.75. The van der Waals surface area contributed by atoms with Crippen molar-refractivity contribution in [2.75, 3.05) is 5.32 Å². The number of hydrogen-bond acceptors (Lipinski definition) is 6. The number of non-ortho nitro benzene ring substituents is 1. The minimum absolute atomic E-state index is 0.0993. The number of anilines is 1. The molecule has 0 radical (unpaired) electrons. The van der Waals surface area contributed by atoms with E-state index in [4.69, 9.17) is 0 Å². The van der Waals surface area contributed by atoms with Crippen LogP contribution in [0.3, 0.4) is 0 Å². The average molecular weight is 383 g/mol. The molecule has 0 aliphatic heterocycles. The highest BCUT2D eigenvalue weighted by atomic mass is 32.2. The molecule has 7 nitrogen and oxygen atoms in total. The van der Waals surface area contributed by atoms with Crippen LogP contribution < -0.4 is 5.32 Å². The molecule has 140 valence electrons. The van der Waals surface area contributed by atoms with Crippen LogP contribution in [0.5, 0.6) is 0 Å². The van der Waals surface area contributed by atoms with E-state index in [0.717, 1.165) is 22.2 Å². The van der Waals surface area contributed by atoms with Crippen molar-refractivity contribution in [1.82, 2.24) is 14.8 Å². The second-order valence-electron chi connectivity index (χ2n) is 6.29. The molecule has 3 aromatic rings. The van der Waals surface area contributed by atoms with Gasteiger partial charge in [-0.3, -0.25) is 10.1 Å². The van der Waals surface area contributed by atoms with E-state index in [1.807, 2.05) is 17.7 Å². The highest BCUT2D eigenvalue weighted by Gasteiger charge is 2.11. The van der Waals surface area contributed by atoms with Gasteiger partial charge in [-0.05, 0) is 30.5 Å². The Labute approximate surface area is 162 Å². The number of nitrogens with one attached hydrogen (secondary N) is 1. The predicted molar refractivity (Wildman–Crippen MR) is 107 cm³/mol. The third kappa shape index (κ3) is 4.46. The van der Waals surface area contributed by atoms with Gasteiger partial charge in [-0.15, -0.1) is 10.2 Å². The van der Waals surface area contributed by atoms with Gasteiger partial charge < -0.3 is 9.88 Å². The van der Waals surface area contributed by atoms with E-state index in [9.17, 15) is 10.1 Å². The van der Waals surface area contributed by atoms with Crippen LogP contribution in [0.15, 0.2) is 47.6 Å². The molecule has 0 atom stereocenters. The molecule has 0 bridgehead atoms. The van der Waals surface area contributed by atoms with Crippen molar-refractivity contribution >= 4 is 23.1 Å². The summed E-state index contributed by atoms with van der Waals surface area (Å²) in [5, 5.41) is 23.5. The number of aromatic nitrogens is 3. The van der Waals surface area contributed by atoms with Crippen LogP contribution in [-0.2, 0) is 19.3 Å². The molecule has 0 fully saturated rings. The number of nitro groups is 1. The van der Waals surface area contributed by atoms with E-state index >= 15 is 0 Å². The van der Waals surface area contributed by atoms with Crippen molar-refractivity contribution in [3.8, 4) is 0 Å². The highest BCUT2D eigenvalue weighted by molar-refractivity contribution is 7.98. The lowest BCUT2D eigenvalue weighted by Gasteiger charge is -2.12. The second kappa shape index (κ2) is 8.22. The van der Waals surface area contributed by atoms with E-state index < -0.39 is 4.92 Å². The van der Waals surface area contributed by atoms with Gasteiger partial charge in [0.2, 0.25) is 0 Å². The minimum atomic E-state index is -0.394. The van der Waals surface area contributed by atoms with Crippen LogP contribution in [0, 0.1) is 24.0 Å². The van der Waals surface area contributed by atoms with Gasteiger partial charge in [-0.25, -0.2) is 0 Å². The standard InChI is InChI=1S/C19H21N5O2S/c1-13-5-4-6-14(2)18(13)20-11-17-21-22-19(23(17)3)27-12-15-7-9-16(10-8-15)24(25)26/h4-10,20H,11-12H2,1-3H3. The molecule has 1 aromatic heterocycles. The first kappa shape index (κ1) is 18.9. The van der Waals surface area contributed by atoms with E-state index in [1.54, 1.807) is 23.9 Å². The summed E-state index contributed by atoms with van der Waals surface area (Å²) in [6.07, 6.45) is 0. The number of hydrogen-bond donors (Lipinski definition) is 1. The van der Waals surface area contributed by atoms with Gasteiger partial charge >= 0.3 is 0 Å². The molecule has 8 heteroatoms. The number of aryl methyl sites for hydroxylation is 2. The summed E-state index contributed by atoms with van der Waals surface area (Å²) >= 11 is 1.55. The number of thioether (sulfide) groups is 1. The molecule has 3 rings (SSSR count). The van der Waals surface area contributed by atoms with Crippen LogP contribution in [-0.4, -0.2) is 19.7 Å². The summed E-state index contributed by atoms with van der Waals surface area (Å²) in [6, 6.07) is 12.8. The lowest BCUT2D eigenvalue weighted by Crippen LogP contribution is -2.08. The summed E-state index contributed by atoms with van der Waals surface area (Å²) in [6.45, 7) is 4.75. The van der Waals surface area contributed by atoms with E-state index in [0.29, 0.717) is 12.3 Å². The van der Waals surface area contributed by atoms with Crippen molar-refractivity contribution in [2.24, 2.45) is 7.05 Å². The van der Waals surface area contributed by atoms with Gasteiger partial charge in [0.15, 0.2) is 11.0 Å². The Morgan fingerprint density at radius 3 is 2.41 bits per heavy atom. The van der Waals surface area contributed by atoms with Crippen molar-refractivity contribution in [3.63, 3.8) is 0 Å². The average Bonchev–Trinajstić information content (AvgIpc) is 3.00. The number of benzene rings is 2. The summed E-state index contributed by atoms with van der Waals surface area (Å²) in [4.78, 5) is 10.3. The molecule has 0 saturated carbocycles. The Morgan fingerprint density at radius 1 is 1.11 bits per heavy atom. The summed E-state index contributed by atoms with van der Waals surface area (Å²) in [5.41, 5.74) is 4.63. The molecule has 1 N–H and O–H groups in total. The fourth-order valence-corrected chi connectivity index (χ4v) is 3.63. The first-order valence-corrected chi connectivity index (χ1v) is 9.48. The molecule has 0 aliphatic carbocycles. The zero-order valence-corrected chi connectivity index (χ0v) is 16.3. The topological polar surface area (TPSA) is 85.9 Å². The van der Waals surface area contributed by atoms with E-state index in [2.05, 4.69) is 41.5 Å². The summed E-state index contributed by atoms with van der Waals surface area (Å²) in [7, 11) is 1.94. The van der Waals surface area contributed by atoms with Crippen LogP contribution in [0.25, 0.3) is 0 Å². The zero-order chi connectivity index (χ0) is 19.4. The molecule has 0 unspecified atom stereocenters. The van der Waals surface area contributed by atoms with E-state index in [-0.39, 0.29) is 5.69 Å². The summed E-state index contributed by atoms with van der Waals surface area (Å²) < 4.78 is 1.97.